The summed E-state index contributed by atoms with van der Waals surface area (Å²) in [6, 6.07) is 7.87. The molecule has 0 aliphatic carbocycles. The molecule has 1 aliphatic rings. The Morgan fingerprint density at radius 2 is 1.79 bits per heavy atom. The normalized spacial score (nSPS) is 16.6. The number of aliphatic hydroxyl groups excluding tert-OH is 1. The van der Waals surface area contributed by atoms with Gasteiger partial charge in [-0.25, -0.2) is 0 Å². The lowest BCUT2D eigenvalue weighted by Gasteiger charge is -2.34. The average Bonchev–Trinajstić information content (AvgIpc) is 2.42. The van der Waals surface area contributed by atoms with Crippen LogP contribution in [0.15, 0.2) is 24.3 Å². The molecule has 1 N–H and O–H groups in total. The van der Waals surface area contributed by atoms with Gasteiger partial charge in [-0.05, 0) is 17.7 Å². The number of aliphatic hydroxyl groups is 1. The van der Waals surface area contributed by atoms with Crippen molar-refractivity contribution in [3.8, 4) is 0 Å². The lowest BCUT2D eigenvalue weighted by molar-refractivity contribution is -0.133. The lowest BCUT2D eigenvalue weighted by Crippen LogP contribution is -2.48. The van der Waals surface area contributed by atoms with E-state index in [0.29, 0.717) is 0 Å². The zero-order chi connectivity index (χ0) is 13.7. The summed E-state index contributed by atoms with van der Waals surface area (Å²) in [6.07, 6.45) is 0.233. The Labute approximate surface area is 118 Å². The first-order chi connectivity index (χ1) is 9.19. The van der Waals surface area contributed by atoms with Gasteiger partial charge in [-0.2, -0.15) is 0 Å². The molecule has 1 aromatic carbocycles. The molecule has 0 aromatic heterocycles. The van der Waals surface area contributed by atoms with Crippen LogP contribution in [0.1, 0.15) is 12.0 Å². The molecule has 5 heteroatoms. The van der Waals surface area contributed by atoms with Crippen LogP contribution >= 0.6 is 11.6 Å². The quantitative estimate of drug-likeness (QED) is 0.907. The van der Waals surface area contributed by atoms with E-state index in [2.05, 4.69) is 4.90 Å². The molecule has 104 valence electrons. The minimum absolute atomic E-state index is 0.0497. The number of carbonyl (C=O) groups excluding carboxylic acids is 1. The number of hydrogen-bond donors (Lipinski definition) is 1. The van der Waals surface area contributed by atoms with E-state index in [1.807, 2.05) is 29.2 Å². The predicted octanol–water partition coefficient (Wildman–Crippen LogP) is 1.37. The van der Waals surface area contributed by atoms with E-state index < -0.39 is 0 Å². The Balaban J connectivity index is 1.80. The number of halogens is 1. The van der Waals surface area contributed by atoms with E-state index in [1.54, 1.807) is 0 Å². The maximum atomic E-state index is 11.6. The molecule has 19 heavy (non-hydrogen) atoms. The number of carbonyl (C=O) groups is 1. The van der Waals surface area contributed by atoms with Gasteiger partial charge in [0.05, 0.1) is 6.61 Å². The molecule has 1 fully saturated rings. The Bertz CT molecular complexity index is 414. The molecule has 0 spiro atoms. The van der Waals surface area contributed by atoms with Crippen molar-refractivity contribution in [3.05, 3.63) is 34.9 Å². The summed E-state index contributed by atoms with van der Waals surface area (Å²) in [4.78, 5) is 15.8. The van der Waals surface area contributed by atoms with E-state index in [-0.39, 0.29) is 18.9 Å². The second-order valence-corrected chi connectivity index (χ2v) is 5.19. The second-order valence-electron chi connectivity index (χ2n) is 4.76. The predicted molar refractivity (Wildman–Crippen MR) is 75.0 cm³/mol. The Hall–Kier alpha value is -1.10. The second kappa shape index (κ2) is 6.89. The maximum Gasteiger partial charge on any atom is 0.224 e. The number of piperazine rings is 1. The monoisotopic (exact) mass is 282 g/mol. The SMILES string of the molecule is O=C(CCO)N1CCN(Cc2ccc(Cl)cc2)CC1. The molecule has 1 aromatic rings. The van der Waals surface area contributed by atoms with Crippen LogP contribution in [0, 0.1) is 0 Å². The molecule has 1 saturated heterocycles. The van der Waals surface area contributed by atoms with Crippen LogP contribution in [0.5, 0.6) is 0 Å². The minimum atomic E-state index is -0.0657. The van der Waals surface area contributed by atoms with Crippen LogP contribution in [-0.4, -0.2) is 53.6 Å². The molecule has 4 nitrogen and oxygen atoms in total. The van der Waals surface area contributed by atoms with Crippen molar-refractivity contribution in [1.82, 2.24) is 9.80 Å². The molecule has 1 aliphatic heterocycles. The van der Waals surface area contributed by atoms with Crippen LogP contribution in [0.2, 0.25) is 5.02 Å². The van der Waals surface area contributed by atoms with E-state index >= 15 is 0 Å². The molecule has 0 radical (unpaired) electrons. The van der Waals surface area contributed by atoms with Gasteiger partial charge < -0.3 is 10.0 Å². The van der Waals surface area contributed by atoms with Crippen LogP contribution in [0.3, 0.4) is 0 Å². The van der Waals surface area contributed by atoms with E-state index in [0.717, 1.165) is 37.7 Å². The molecule has 1 heterocycles. The topological polar surface area (TPSA) is 43.8 Å². The number of amides is 1. The van der Waals surface area contributed by atoms with Crippen molar-refractivity contribution in [2.45, 2.75) is 13.0 Å². The number of rotatable bonds is 4. The van der Waals surface area contributed by atoms with E-state index in [9.17, 15) is 4.79 Å². The fourth-order valence-corrected chi connectivity index (χ4v) is 2.38. The van der Waals surface area contributed by atoms with E-state index in [1.165, 1.54) is 5.56 Å². The van der Waals surface area contributed by atoms with Gasteiger partial charge in [0.2, 0.25) is 5.91 Å². The highest BCUT2D eigenvalue weighted by Crippen LogP contribution is 2.13. The molecule has 2 rings (SSSR count). The lowest BCUT2D eigenvalue weighted by atomic mass is 10.2. The Kier molecular flexibility index (Phi) is 5.19. The van der Waals surface area contributed by atoms with Crippen molar-refractivity contribution in [1.29, 1.82) is 0 Å². The number of benzene rings is 1. The summed E-state index contributed by atoms with van der Waals surface area (Å²) in [7, 11) is 0. The van der Waals surface area contributed by atoms with Crippen molar-refractivity contribution < 1.29 is 9.90 Å². The maximum absolute atomic E-state index is 11.6. The first-order valence-electron chi connectivity index (χ1n) is 6.54. The van der Waals surface area contributed by atoms with Gasteiger partial charge in [0.25, 0.3) is 0 Å². The fraction of sp³-hybridized carbons (Fsp3) is 0.500. The number of nitrogens with zero attached hydrogens (tertiary/aromatic N) is 2. The summed E-state index contributed by atoms with van der Waals surface area (Å²) in [5, 5.41) is 9.52. The summed E-state index contributed by atoms with van der Waals surface area (Å²) in [5.41, 5.74) is 1.24. The zero-order valence-corrected chi connectivity index (χ0v) is 11.6. The third-order valence-corrected chi connectivity index (χ3v) is 3.62. The molecule has 0 unspecified atom stereocenters. The summed E-state index contributed by atoms with van der Waals surface area (Å²) in [5.74, 6) is 0.0497. The minimum Gasteiger partial charge on any atom is -0.396 e. The Morgan fingerprint density at radius 3 is 2.37 bits per heavy atom. The zero-order valence-electron chi connectivity index (χ0n) is 10.9. The van der Waals surface area contributed by atoms with Crippen LogP contribution in [-0.2, 0) is 11.3 Å². The van der Waals surface area contributed by atoms with Gasteiger partial charge in [0.15, 0.2) is 0 Å². The Morgan fingerprint density at radius 1 is 1.16 bits per heavy atom. The smallest absolute Gasteiger partial charge is 0.224 e. The largest absolute Gasteiger partial charge is 0.396 e. The van der Waals surface area contributed by atoms with Gasteiger partial charge in [-0.1, -0.05) is 23.7 Å². The molecular weight excluding hydrogens is 264 g/mol. The first kappa shape index (κ1) is 14.3. The molecule has 0 bridgehead atoms. The van der Waals surface area contributed by atoms with Crippen LogP contribution in [0.25, 0.3) is 0 Å². The van der Waals surface area contributed by atoms with Crippen molar-refractivity contribution in [2.24, 2.45) is 0 Å². The summed E-state index contributed by atoms with van der Waals surface area (Å²) < 4.78 is 0. The van der Waals surface area contributed by atoms with Crippen molar-refractivity contribution in [3.63, 3.8) is 0 Å². The van der Waals surface area contributed by atoms with Gasteiger partial charge >= 0.3 is 0 Å². The number of hydrogen-bond acceptors (Lipinski definition) is 3. The van der Waals surface area contributed by atoms with Crippen LogP contribution < -0.4 is 0 Å². The standard InChI is InChI=1S/C14H19ClN2O2/c15-13-3-1-12(2-4-13)11-16-6-8-17(9-7-16)14(19)5-10-18/h1-4,18H,5-11H2. The fourth-order valence-electron chi connectivity index (χ4n) is 2.26. The third kappa shape index (κ3) is 4.20. The summed E-state index contributed by atoms with van der Waals surface area (Å²) >= 11 is 5.86. The van der Waals surface area contributed by atoms with E-state index in [4.69, 9.17) is 16.7 Å². The highest BCUT2D eigenvalue weighted by atomic mass is 35.5. The molecule has 0 saturated carbocycles. The van der Waals surface area contributed by atoms with Gasteiger partial charge in [0.1, 0.15) is 0 Å². The highest BCUT2D eigenvalue weighted by Gasteiger charge is 2.20. The molecule has 0 atom stereocenters. The van der Waals surface area contributed by atoms with Gasteiger partial charge in [0, 0.05) is 44.2 Å². The van der Waals surface area contributed by atoms with Gasteiger partial charge in [-0.3, -0.25) is 9.69 Å². The average molecular weight is 283 g/mol. The first-order valence-corrected chi connectivity index (χ1v) is 6.92. The van der Waals surface area contributed by atoms with Gasteiger partial charge in [-0.15, -0.1) is 0 Å². The highest BCUT2D eigenvalue weighted by molar-refractivity contribution is 6.30. The summed E-state index contributed by atoms with van der Waals surface area (Å²) in [6.45, 7) is 4.06. The van der Waals surface area contributed by atoms with Crippen molar-refractivity contribution >= 4 is 17.5 Å². The molecule has 1 amide bonds. The van der Waals surface area contributed by atoms with Crippen LogP contribution in [0.4, 0.5) is 0 Å². The third-order valence-electron chi connectivity index (χ3n) is 3.37. The van der Waals surface area contributed by atoms with Crippen molar-refractivity contribution in [2.75, 3.05) is 32.8 Å². The molecular formula is C14H19ClN2O2.